The van der Waals surface area contributed by atoms with E-state index < -0.39 is 9.84 Å². The van der Waals surface area contributed by atoms with Crippen LogP contribution in [0.1, 0.15) is 42.7 Å². The number of benzene rings is 1. The molecule has 4 aromatic rings. The SMILES string of the molecule is [C-]#[N+]c1cccc(Cc2cc(Nc3ccccc3S(C)(=O)=O)c3nc(C)n(C4CCCCO4)c3n2)n1. The molecule has 5 rings (SSSR count). The number of aromatic nitrogens is 4. The molecule has 36 heavy (non-hydrogen) atoms. The number of aryl methyl sites for hydroxylation is 1. The van der Waals surface area contributed by atoms with Crippen LogP contribution < -0.4 is 5.32 Å². The van der Waals surface area contributed by atoms with E-state index >= 15 is 0 Å². The summed E-state index contributed by atoms with van der Waals surface area (Å²) < 4.78 is 32.9. The lowest BCUT2D eigenvalue weighted by atomic mass is 10.1. The fourth-order valence-electron chi connectivity index (χ4n) is 4.53. The maximum atomic E-state index is 12.4. The van der Waals surface area contributed by atoms with Crippen molar-refractivity contribution in [1.82, 2.24) is 19.5 Å². The van der Waals surface area contributed by atoms with Gasteiger partial charge in [-0.15, -0.1) is 4.98 Å². The van der Waals surface area contributed by atoms with Crippen LogP contribution in [0.15, 0.2) is 53.4 Å². The molecule has 4 heterocycles. The standard InChI is InChI=1S/C26H26N6O3S/c1-17-28-25-21(31-20-10-4-5-11-22(20)36(3,33)34)16-19(15-18-9-8-12-23(27-2)29-18)30-26(25)32(17)24-13-6-7-14-35-24/h4-5,8-12,16,24H,6-7,13-15H2,1,3H3,(H,30,31). The molecule has 0 bridgehead atoms. The third-order valence-corrected chi connectivity index (χ3v) is 7.30. The number of nitrogens with zero attached hydrogens (tertiary/aromatic N) is 5. The topological polar surface area (TPSA) is 103 Å². The van der Waals surface area contributed by atoms with Gasteiger partial charge in [-0.1, -0.05) is 24.8 Å². The second-order valence-electron chi connectivity index (χ2n) is 8.85. The normalized spacial score (nSPS) is 16.1. The van der Waals surface area contributed by atoms with E-state index in [1.807, 2.05) is 23.6 Å². The van der Waals surface area contributed by atoms with Crippen molar-refractivity contribution in [2.24, 2.45) is 0 Å². The van der Waals surface area contributed by atoms with Gasteiger partial charge in [0.05, 0.1) is 28.4 Å². The van der Waals surface area contributed by atoms with Crippen molar-refractivity contribution < 1.29 is 13.2 Å². The van der Waals surface area contributed by atoms with Crippen molar-refractivity contribution in [2.45, 2.75) is 43.7 Å². The first-order valence-electron chi connectivity index (χ1n) is 11.7. The van der Waals surface area contributed by atoms with E-state index in [1.54, 1.807) is 36.4 Å². The van der Waals surface area contributed by atoms with E-state index in [2.05, 4.69) is 15.1 Å². The third kappa shape index (κ3) is 4.80. The molecule has 0 saturated carbocycles. The average molecular weight is 503 g/mol. The number of anilines is 2. The maximum Gasteiger partial charge on any atom is 0.269 e. The molecule has 1 atom stereocenters. The molecule has 10 heteroatoms. The third-order valence-electron chi connectivity index (χ3n) is 6.15. The first kappa shape index (κ1) is 23.9. The summed E-state index contributed by atoms with van der Waals surface area (Å²) in [5, 5.41) is 3.31. The molecule has 3 aromatic heterocycles. The number of sulfone groups is 1. The van der Waals surface area contributed by atoms with Gasteiger partial charge in [-0.05, 0) is 56.5 Å². The molecular formula is C26H26N6O3S. The van der Waals surface area contributed by atoms with Crippen LogP contribution in [0.4, 0.5) is 17.2 Å². The van der Waals surface area contributed by atoms with Crippen LogP contribution in [0.3, 0.4) is 0 Å². The Kier molecular flexibility index (Phi) is 6.43. The Bertz CT molecular complexity index is 1580. The highest BCUT2D eigenvalue weighted by atomic mass is 32.2. The molecule has 0 radical (unpaired) electrons. The first-order chi connectivity index (χ1) is 17.3. The van der Waals surface area contributed by atoms with Crippen molar-refractivity contribution in [3.05, 3.63) is 77.2 Å². The zero-order valence-corrected chi connectivity index (χ0v) is 20.9. The number of imidazole rings is 1. The summed E-state index contributed by atoms with van der Waals surface area (Å²) in [6.07, 6.45) is 4.38. The monoisotopic (exact) mass is 502 g/mol. The van der Waals surface area contributed by atoms with Crippen molar-refractivity contribution in [3.63, 3.8) is 0 Å². The Morgan fingerprint density at radius 1 is 1.08 bits per heavy atom. The van der Waals surface area contributed by atoms with Crippen molar-refractivity contribution >= 4 is 38.2 Å². The smallest absolute Gasteiger partial charge is 0.269 e. The number of rotatable bonds is 6. The fraction of sp³-hybridized carbons (Fsp3) is 0.308. The van der Waals surface area contributed by atoms with E-state index in [4.69, 9.17) is 21.3 Å². The van der Waals surface area contributed by atoms with Crippen molar-refractivity contribution in [2.75, 3.05) is 18.2 Å². The molecule has 184 valence electrons. The highest BCUT2D eigenvalue weighted by Crippen LogP contribution is 2.34. The second kappa shape index (κ2) is 9.68. The Balaban J connectivity index is 1.66. The van der Waals surface area contributed by atoms with E-state index in [9.17, 15) is 8.42 Å². The molecule has 0 amide bonds. The van der Waals surface area contributed by atoms with Gasteiger partial charge in [-0.2, -0.15) is 0 Å². The number of nitrogens with one attached hydrogen (secondary N) is 1. The number of hydrogen-bond acceptors (Lipinski definition) is 7. The van der Waals surface area contributed by atoms with Crippen LogP contribution in [0.5, 0.6) is 0 Å². The zero-order valence-electron chi connectivity index (χ0n) is 20.1. The van der Waals surface area contributed by atoms with Gasteiger partial charge in [0.1, 0.15) is 23.3 Å². The molecular weight excluding hydrogens is 476 g/mol. The predicted octanol–water partition coefficient (Wildman–Crippen LogP) is 5.12. The highest BCUT2D eigenvalue weighted by Gasteiger charge is 2.24. The van der Waals surface area contributed by atoms with Gasteiger partial charge in [-0.3, -0.25) is 4.57 Å². The van der Waals surface area contributed by atoms with Crippen LogP contribution in [-0.4, -0.2) is 40.8 Å². The summed E-state index contributed by atoms with van der Waals surface area (Å²) in [7, 11) is -3.46. The maximum absolute atomic E-state index is 12.4. The lowest BCUT2D eigenvalue weighted by Crippen LogP contribution is -2.19. The molecule has 1 unspecified atom stereocenters. The molecule has 1 fully saturated rings. The summed E-state index contributed by atoms with van der Waals surface area (Å²) >= 11 is 0. The molecule has 1 saturated heterocycles. The average Bonchev–Trinajstić information content (AvgIpc) is 3.20. The Hall–Kier alpha value is -3.81. The minimum absolute atomic E-state index is 0.161. The molecule has 1 N–H and O–H groups in total. The predicted molar refractivity (Wildman–Crippen MR) is 137 cm³/mol. The van der Waals surface area contributed by atoms with Gasteiger partial charge in [0, 0.05) is 12.9 Å². The van der Waals surface area contributed by atoms with Gasteiger partial charge in [0.25, 0.3) is 5.82 Å². The van der Waals surface area contributed by atoms with Crippen LogP contribution in [0.2, 0.25) is 0 Å². The van der Waals surface area contributed by atoms with Crippen LogP contribution in [0.25, 0.3) is 16.0 Å². The Labute approximate surface area is 209 Å². The van der Waals surface area contributed by atoms with Gasteiger partial charge in [-0.25, -0.2) is 18.4 Å². The number of fused-ring (bicyclic) bond motifs is 1. The van der Waals surface area contributed by atoms with Crippen LogP contribution in [0, 0.1) is 13.5 Å². The fourth-order valence-corrected chi connectivity index (χ4v) is 5.38. The van der Waals surface area contributed by atoms with Gasteiger partial charge < -0.3 is 14.9 Å². The van der Waals surface area contributed by atoms with Crippen molar-refractivity contribution in [1.29, 1.82) is 0 Å². The summed E-state index contributed by atoms with van der Waals surface area (Å²) in [4.78, 5) is 17.8. The van der Waals surface area contributed by atoms with Gasteiger partial charge >= 0.3 is 0 Å². The summed E-state index contributed by atoms with van der Waals surface area (Å²) in [5.74, 6) is 1.10. The largest absolute Gasteiger partial charge is 0.361 e. The van der Waals surface area contributed by atoms with Gasteiger partial charge in [0.2, 0.25) is 0 Å². The quantitative estimate of drug-likeness (QED) is 0.365. The van der Waals surface area contributed by atoms with E-state index in [1.165, 1.54) is 6.26 Å². The summed E-state index contributed by atoms with van der Waals surface area (Å²) in [6, 6.07) is 14.0. The van der Waals surface area contributed by atoms with Gasteiger partial charge in [0.15, 0.2) is 15.5 Å². The number of ether oxygens (including phenoxy) is 1. The summed E-state index contributed by atoms with van der Waals surface area (Å²) in [5.41, 5.74) is 3.84. The number of pyridine rings is 2. The van der Waals surface area contributed by atoms with Crippen molar-refractivity contribution in [3.8, 4) is 0 Å². The zero-order chi connectivity index (χ0) is 25.3. The first-order valence-corrected chi connectivity index (χ1v) is 13.6. The highest BCUT2D eigenvalue weighted by molar-refractivity contribution is 7.90. The second-order valence-corrected chi connectivity index (χ2v) is 10.8. The molecule has 0 aliphatic carbocycles. The number of para-hydroxylation sites is 1. The lowest BCUT2D eigenvalue weighted by Gasteiger charge is -2.25. The van der Waals surface area contributed by atoms with E-state index in [-0.39, 0.29) is 11.1 Å². The molecule has 1 aromatic carbocycles. The van der Waals surface area contributed by atoms with E-state index in [0.717, 1.165) is 30.8 Å². The Morgan fingerprint density at radius 2 is 1.92 bits per heavy atom. The van der Waals surface area contributed by atoms with E-state index in [0.29, 0.717) is 47.1 Å². The minimum Gasteiger partial charge on any atom is -0.361 e. The summed E-state index contributed by atoms with van der Waals surface area (Å²) in [6.45, 7) is 9.87. The molecule has 9 nitrogen and oxygen atoms in total. The molecule has 1 aliphatic rings. The van der Waals surface area contributed by atoms with Crippen LogP contribution >= 0.6 is 0 Å². The lowest BCUT2D eigenvalue weighted by molar-refractivity contribution is -0.0309. The number of hydrogen-bond donors (Lipinski definition) is 1. The minimum atomic E-state index is -3.46. The molecule has 0 spiro atoms. The molecule has 1 aliphatic heterocycles. The van der Waals surface area contributed by atoms with Crippen LogP contribution in [-0.2, 0) is 21.0 Å². The Morgan fingerprint density at radius 3 is 2.67 bits per heavy atom.